The second-order valence-corrected chi connectivity index (χ2v) is 8.47. The van der Waals surface area contributed by atoms with E-state index in [4.69, 9.17) is 4.74 Å². The van der Waals surface area contributed by atoms with Gasteiger partial charge in [0.1, 0.15) is 6.61 Å². The van der Waals surface area contributed by atoms with Crippen LogP contribution in [0.15, 0.2) is 91.0 Å². The maximum Gasteiger partial charge on any atom is 0.316 e. The van der Waals surface area contributed by atoms with Crippen molar-refractivity contribution >= 4 is 5.97 Å². The second kappa shape index (κ2) is 10.4. The van der Waals surface area contributed by atoms with Crippen LogP contribution in [-0.4, -0.2) is 24.0 Å². The summed E-state index contributed by atoms with van der Waals surface area (Å²) in [5.41, 5.74) is 3.16. The quantitative estimate of drug-likeness (QED) is 0.419. The minimum Gasteiger partial charge on any atom is -0.464 e. The summed E-state index contributed by atoms with van der Waals surface area (Å²) in [5.74, 6) is -0.0597. The van der Waals surface area contributed by atoms with Crippen molar-refractivity contribution in [2.45, 2.75) is 44.2 Å². The molecule has 3 heteroatoms. The van der Waals surface area contributed by atoms with Crippen LogP contribution in [0.2, 0.25) is 0 Å². The van der Waals surface area contributed by atoms with Gasteiger partial charge in [0.25, 0.3) is 0 Å². The highest BCUT2D eigenvalue weighted by molar-refractivity contribution is 5.83. The molecule has 0 spiro atoms. The molecule has 0 N–H and O–H groups in total. The van der Waals surface area contributed by atoms with Crippen LogP contribution in [0.5, 0.6) is 0 Å². The highest BCUT2D eigenvalue weighted by Gasteiger charge is 2.44. The van der Waals surface area contributed by atoms with Gasteiger partial charge in [0.2, 0.25) is 0 Å². The molecule has 4 rings (SSSR count). The topological polar surface area (TPSA) is 29.5 Å². The van der Waals surface area contributed by atoms with Crippen LogP contribution in [0.25, 0.3) is 0 Å². The van der Waals surface area contributed by atoms with Gasteiger partial charge in [-0.25, -0.2) is 0 Å². The lowest BCUT2D eigenvalue weighted by Crippen LogP contribution is -2.36. The second-order valence-electron chi connectivity index (χ2n) is 8.47. The summed E-state index contributed by atoms with van der Waals surface area (Å²) in [6, 6.07) is 31.1. The van der Waals surface area contributed by atoms with Gasteiger partial charge >= 0.3 is 5.97 Å². The monoisotopic (exact) mass is 413 g/mol. The van der Waals surface area contributed by atoms with Gasteiger partial charge in [-0.2, -0.15) is 0 Å². The van der Waals surface area contributed by atoms with Crippen LogP contribution in [0.3, 0.4) is 0 Å². The van der Waals surface area contributed by atoms with Gasteiger partial charge in [0.05, 0.1) is 5.41 Å². The number of carbonyl (C=O) groups excluding carboxylic acids is 1. The molecule has 1 aliphatic rings. The molecular formula is C28H31NO2. The molecule has 1 aliphatic carbocycles. The van der Waals surface area contributed by atoms with E-state index in [1.807, 2.05) is 30.3 Å². The number of ether oxygens (including phenoxy) is 1. The molecule has 1 saturated carbocycles. The minimum atomic E-state index is -0.467. The standard InChI is InChI=1S/C28H31NO2/c30-27(28(18-10-11-19-28)26-16-8-3-9-17-26)31-21-20-29(22-24-12-4-1-5-13-24)23-25-14-6-2-7-15-25/h1-9,12-17H,10-11,18-23H2. The third kappa shape index (κ3) is 5.42. The van der Waals surface area contributed by atoms with Crippen molar-refractivity contribution in [2.75, 3.05) is 13.2 Å². The van der Waals surface area contributed by atoms with Crippen LogP contribution in [-0.2, 0) is 28.0 Å². The molecule has 0 bridgehead atoms. The van der Waals surface area contributed by atoms with Crippen LogP contribution in [0.4, 0.5) is 0 Å². The SMILES string of the molecule is O=C(OCCN(Cc1ccccc1)Cc1ccccc1)C1(c2ccccc2)CCCC1. The van der Waals surface area contributed by atoms with Crippen molar-refractivity contribution in [1.82, 2.24) is 4.90 Å². The van der Waals surface area contributed by atoms with Gasteiger partial charge in [-0.15, -0.1) is 0 Å². The van der Waals surface area contributed by atoms with Gasteiger partial charge < -0.3 is 4.74 Å². The molecule has 31 heavy (non-hydrogen) atoms. The summed E-state index contributed by atoms with van der Waals surface area (Å²) < 4.78 is 5.91. The zero-order chi connectivity index (χ0) is 21.4. The molecule has 0 aromatic heterocycles. The molecule has 160 valence electrons. The fourth-order valence-electron chi connectivity index (χ4n) is 4.65. The fourth-order valence-corrected chi connectivity index (χ4v) is 4.65. The Morgan fingerprint density at radius 1 is 0.742 bits per heavy atom. The zero-order valence-corrected chi connectivity index (χ0v) is 18.1. The first kappa shape index (κ1) is 21.3. The normalized spacial score (nSPS) is 15.1. The van der Waals surface area contributed by atoms with E-state index in [9.17, 15) is 4.79 Å². The Bertz CT molecular complexity index is 893. The first-order valence-corrected chi connectivity index (χ1v) is 11.3. The third-order valence-electron chi connectivity index (χ3n) is 6.31. The van der Waals surface area contributed by atoms with E-state index >= 15 is 0 Å². The Hall–Kier alpha value is -2.91. The summed E-state index contributed by atoms with van der Waals surface area (Å²) in [6.45, 7) is 2.78. The Balaban J connectivity index is 1.41. The van der Waals surface area contributed by atoms with Crippen LogP contribution < -0.4 is 0 Å². The molecule has 3 aromatic rings. The molecule has 0 saturated heterocycles. The number of hydrogen-bond acceptors (Lipinski definition) is 3. The molecule has 0 unspecified atom stereocenters. The van der Waals surface area contributed by atoms with Crippen molar-refractivity contribution in [3.63, 3.8) is 0 Å². The summed E-state index contributed by atoms with van der Waals surface area (Å²) >= 11 is 0. The lowest BCUT2D eigenvalue weighted by atomic mass is 9.79. The van der Waals surface area contributed by atoms with Crippen LogP contribution in [0.1, 0.15) is 42.4 Å². The van der Waals surface area contributed by atoms with Gasteiger partial charge in [0.15, 0.2) is 0 Å². The van der Waals surface area contributed by atoms with Crippen molar-refractivity contribution in [1.29, 1.82) is 0 Å². The molecule has 0 radical (unpaired) electrons. The molecule has 3 aromatic carbocycles. The van der Waals surface area contributed by atoms with Crippen molar-refractivity contribution in [3.8, 4) is 0 Å². The first-order chi connectivity index (χ1) is 15.3. The maximum atomic E-state index is 13.2. The minimum absolute atomic E-state index is 0.0597. The summed E-state index contributed by atoms with van der Waals surface area (Å²) in [5, 5.41) is 0. The highest BCUT2D eigenvalue weighted by atomic mass is 16.5. The van der Waals surface area contributed by atoms with E-state index in [2.05, 4.69) is 65.6 Å². The Morgan fingerprint density at radius 2 is 1.23 bits per heavy atom. The van der Waals surface area contributed by atoms with E-state index < -0.39 is 5.41 Å². The fraction of sp³-hybridized carbons (Fsp3) is 0.321. The predicted octanol–water partition coefficient (Wildman–Crippen LogP) is 5.74. The summed E-state index contributed by atoms with van der Waals surface area (Å²) in [7, 11) is 0. The lowest BCUT2D eigenvalue weighted by molar-refractivity contribution is -0.151. The van der Waals surface area contributed by atoms with E-state index in [1.165, 1.54) is 11.1 Å². The average molecular weight is 414 g/mol. The average Bonchev–Trinajstić information content (AvgIpc) is 3.32. The van der Waals surface area contributed by atoms with Crippen molar-refractivity contribution in [3.05, 3.63) is 108 Å². The Labute approximate surface area is 185 Å². The van der Waals surface area contributed by atoms with E-state index in [0.717, 1.165) is 44.3 Å². The number of carbonyl (C=O) groups is 1. The number of benzene rings is 3. The van der Waals surface area contributed by atoms with Crippen molar-refractivity contribution < 1.29 is 9.53 Å². The third-order valence-corrected chi connectivity index (χ3v) is 6.31. The van der Waals surface area contributed by atoms with Crippen LogP contribution in [0, 0.1) is 0 Å². The first-order valence-electron chi connectivity index (χ1n) is 11.3. The summed E-state index contributed by atoms with van der Waals surface area (Å²) in [4.78, 5) is 15.6. The number of esters is 1. The highest BCUT2D eigenvalue weighted by Crippen LogP contribution is 2.42. The molecule has 0 aliphatic heterocycles. The van der Waals surface area contributed by atoms with Gasteiger partial charge in [-0.1, -0.05) is 104 Å². The molecule has 1 fully saturated rings. The van der Waals surface area contributed by atoms with E-state index in [0.29, 0.717) is 13.2 Å². The number of hydrogen-bond donors (Lipinski definition) is 0. The smallest absolute Gasteiger partial charge is 0.316 e. The molecule has 3 nitrogen and oxygen atoms in total. The molecule has 0 heterocycles. The van der Waals surface area contributed by atoms with E-state index in [-0.39, 0.29) is 5.97 Å². The van der Waals surface area contributed by atoms with Gasteiger partial charge in [-0.3, -0.25) is 9.69 Å². The molecular weight excluding hydrogens is 382 g/mol. The largest absolute Gasteiger partial charge is 0.464 e. The summed E-state index contributed by atoms with van der Waals surface area (Å²) in [6.07, 6.45) is 3.93. The van der Waals surface area contributed by atoms with Gasteiger partial charge in [-0.05, 0) is 29.5 Å². The molecule has 0 amide bonds. The predicted molar refractivity (Wildman–Crippen MR) is 125 cm³/mol. The Kier molecular flexibility index (Phi) is 7.16. The lowest BCUT2D eigenvalue weighted by Gasteiger charge is -2.28. The molecule has 0 atom stereocenters. The van der Waals surface area contributed by atoms with Crippen LogP contribution >= 0.6 is 0 Å². The number of rotatable bonds is 9. The zero-order valence-electron chi connectivity index (χ0n) is 18.1. The van der Waals surface area contributed by atoms with Crippen molar-refractivity contribution in [2.24, 2.45) is 0 Å². The maximum absolute atomic E-state index is 13.2. The Morgan fingerprint density at radius 3 is 1.74 bits per heavy atom. The number of nitrogens with zero attached hydrogens (tertiary/aromatic N) is 1. The van der Waals surface area contributed by atoms with E-state index in [1.54, 1.807) is 0 Å². The van der Waals surface area contributed by atoms with Gasteiger partial charge in [0, 0.05) is 19.6 Å².